The third kappa shape index (κ3) is 2.12. The van der Waals surface area contributed by atoms with E-state index in [9.17, 15) is 0 Å². The molecule has 0 N–H and O–H groups in total. The van der Waals surface area contributed by atoms with Crippen LogP contribution >= 0.6 is 23.4 Å². The number of halogens is 1. The Bertz CT molecular complexity index is 321. The number of nitrogens with zero attached hydrogens (tertiary/aromatic N) is 3. The quantitative estimate of drug-likeness (QED) is 0.441. The fourth-order valence-electron chi connectivity index (χ4n) is 1.54. The molecule has 1 atom stereocenters. The van der Waals surface area contributed by atoms with Crippen LogP contribution < -0.4 is 4.90 Å². The van der Waals surface area contributed by atoms with Crippen molar-refractivity contribution in [3.8, 4) is 0 Å². The second-order valence-corrected chi connectivity index (χ2v) is 4.69. The lowest BCUT2D eigenvalue weighted by Crippen LogP contribution is -2.20. The first-order chi connectivity index (χ1) is 6.79. The molecule has 0 amide bonds. The van der Waals surface area contributed by atoms with Gasteiger partial charge >= 0.3 is 0 Å². The SMILES string of the molecule is CSc1cc(N2CCC(Cl)C2)ncn1. The molecule has 3 nitrogen and oxygen atoms in total. The molecule has 1 aromatic rings. The van der Waals surface area contributed by atoms with Crippen LogP contribution in [0.15, 0.2) is 17.4 Å². The van der Waals surface area contributed by atoms with E-state index in [1.807, 2.05) is 12.3 Å². The van der Waals surface area contributed by atoms with Crippen LogP contribution in [-0.2, 0) is 0 Å². The fourth-order valence-corrected chi connectivity index (χ4v) is 2.18. The van der Waals surface area contributed by atoms with Gasteiger partial charge in [0.15, 0.2) is 0 Å². The first kappa shape index (κ1) is 10.1. The lowest BCUT2D eigenvalue weighted by molar-refractivity contribution is 0.909. The third-order valence-corrected chi connectivity index (χ3v) is 3.29. The van der Waals surface area contributed by atoms with Crippen molar-refractivity contribution in [3.05, 3.63) is 12.4 Å². The van der Waals surface area contributed by atoms with Crippen molar-refractivity contribution in [1.29, 1.82) is 0 Å². The summed E-state index contributed by atoms with van der Waals surface area (Å²) in [5.74, 6) is 0.993. The van der Waals surface area contributed by atoms with Gasteiger partial charge in [-0.3, -0.25) is 0 Å². The van der Waals surface area contributed by atoms with Crippen LogP contribution in [0.25, 0.3) is 0 Å². The molecule has 2 rings (SSSR count). The van der Waals surface area contributed by atoms with Crippen molar-refractivity contribution in [2.75, 3.05) is 24.2 Å². The molecule has 2 heterocycles. The van der Waals surface area contributed by atoms with E-state index in [2.05, 4.69) is 14.9 Å². The number of thioether (sulfide) groups is 1. The van der Waals surface area contributed by atoms with Crippen LogP contribution in [0.4, 0.5) is 5.82 Å². The highest BCUT2D eigenvalue weighted by atomic mass is 35.5. The molecular weight excluding hydrogens is 218 g/mol. The number of rotatable bonds is 2. The van der Waals surface area contributed by atoms with E-state index in [0.29, 0.717) is 0 Å². The zero-order valence-corrected chi connectivity index (χ0v) is 9.55. The summed E-state index contributed by atoms with van der Waals surface area (Å²) in [5, 5.41) is 1.27. The summed E-state index contributed by atoms with van der Waals surface area (Å²) in [6.45, 7) is 1.89. The maximum absolute atomic E-state index is 6.04. The van der Waals surface area contributed by atoms with Gasteiger partial charge in [0.25, 0.3) is 0 Å². The number of hydrogen-bond acceptors (Lipinski definition) is 4. The fraction of sp³-hybridized carbons (Fsp3) is 0.556. The summed E-state index contributed by atoms with van der Waals surface area (Å²) in [5.41, 5.74) is 0. The van der Waals surface area contributed by atoms with Gasteiger partial charge in [0.05, 0.1) is 5.38 Å². The van der Waals surface area contributed by atoms with Crippen LogP contribution in [0.5, 0.6) is 0 Å². The molecule has 0 aromatic carbocycles. The topological polar surface area (TPSA) is 29.0 Å². The van der Waals surface area contributed by atoms with E-state index in [4.69, 9.17) is 11.6 Å². The van der Waals surface area contributed by atoms with E-state index in [1.165, 1.54) is 0 Å². The maximum Gasteiger partial charge on any atom is 0.133 e. The highest BCUT2D eigenvalue weighted by Gasteiger charge is 2.21. The van der Waals surface area contributed by atoms with E-state index in [-0.39, 0.29) is 5.38 Å². The van der Waals surface area contributed by atoms with Crippen molar-refractivity contribution in [2.45, 2.75) is 16.8 Å². The number of anilines is 1. The highest BCUT2D eigenvalue weighted by molar-refractivity contribution is 7.98. The summed E-state index contributed by atoms with van der Waals surface area (Å²) in [6.07, 6.45) is 4.67. The van der Waals surface area contributed by atoms with Crippen LogP contribution in [0.3, 0.4) is 0 Å². The molecule has 76 valence electrons. The maximum atomic E-state index is 6.04. The standard InChI is InChI=1S/C9H12ClN3S/c1-14-9-4-8(11-6-12-9)13-3-2-7(10)5-13/h4,6-7H,2-3,5H2,1H3. The molecule has 0 spiro atoms. The number of aromatic nitrogens is 2. The van der Waals surface area contributed by atoms with Gasteiger partial charge in [-0.2, -0.15) is 0 Å². The van der Waals surface area contributed by atoms with Gasteiger partial charge in [0, 0.05) is 19.2 Å². The Labute approximate surface area is 92.9 Å². The van der Waals surface area contributed by atoms with Gasteiger partial charge in [-0.1, -0.05) is 0 Å². The molecule has 5 heteroatoms. The van der Waals surface area contributed by atoms with E-state index >= 15 is 0 Å². The normalized spacial score (nSPS) is 21.6. The van der Waals surface area contributed by atoms with Crippen molar-refractivity contribution in [1.82, 2.24) is 9.97 Å². The zero-order chi connectivity index (χ0) is 9.97. The molecule has 1 unspecified atom stereocenters. The minimum Gasteiger partial charge on any atom is -0.355 e. The Kier molecular flexibility index (Phi) is 3.13. The van der Waals surface area contributed by atoms with Gasteiger partial charge in [-0.05, 0) is 12.7 Å². The third-order valence-electron chi connectivity index (χ3n) is 2.29. The Balaban J connectivity index is 2.15. The molecule has 0 radical (unpaired) electrons. The van der Waals surface area contributed by atoms with Gasteiger partial charge in [-0.25, -0.2) is 9.97 Å². The van der Waals surface area contributed by atoms with Crippen LogP contribution in [-0.4, -0.2) is 34.7 Å². The molecule has 1 aromatic heterocycles. The average molecular weight is 230 g/mol. The van der Waals surface area contributed by atoms with E-state index in [1.54, 1.807) is 18.1 Å². The highest BCUT2D eigenvalue weighted by Crippen LogP contribution is 2.23. The largest absolute Gasteiger partial charge is 0.355 e. The molecular formula is C9H12ClN3S. The molecule has 1 fully saturated rings. The lowest BCUT2D eigenvalue weighted by atomic mass is 10.4. The van der Waals surface area contributed by atoms with Gasteiger partial charge in [-0.15, -0.1) is 23.4 Å². The predicted octanol–water partition coefficient (Wildman–Crippen LogP) is 2.02. The van der Waals surface area contributed by atoms with E-state index < -0.39 is 0 Å². The molecule has 0 aliphatic carbocycles. The second-order valence-electron chi connectivity index (χ2n) is 3.25. The summed E-state index contributed by atoms with van der Waals surface area (Å²) >= 11 is 7.67. The minimum absolute atomic E-state index is 0.266. The number of alkyl halides is 1. The molecule has 1 aliphatic heterocycles. The van der Waals surface area contributed by atoms with Crippen LogP contribution in [0, 0.1) is 0 Å². The Morgan fingerprint density at radius 3 is 3.07 bits per heavy atom. The van der Waals surface area contributed by atoms with Crippen molar-refractivity contribution >= 4 is 29.2 Å². The minimum atomic E-state index is 0.266. The van der Waals surface area contributed by atoms with Gasteiger partial charge < -0.3 is 4.90 Å². The zero-order valence-electron chi connectivity index (χ0n) is 7.98. The lowest BCUT2D eigenvalue weighted by Gasteiger charge is -2.16. The second kappa shape index (κ2) is 4.36. The monoisotopic (exact) mass is 229 g/mol. The summed E-state index contributed by atoms with van der Waals surface area (Å²) in [7, 11) is 0. The smallest absolute Gasteiger partial charge is 0.133 e. The van der Waals surface area contributed by atoms with Crippen LogP contribution in [0.2, 0.25) is 0 Å². The number of hydrogen-bond donors (Lipinski definition) is 0. The molecule has 14 heavy (non-hydrogen) atoms. The first-order valence-electron chi connectivity index (χ1n) is 4.54. The van der Waals surface area contributed by atoms with E-state index in [0.717, 1.165) is 30.4 Å². The molecule has 0 saturated carbocycles. The Morgan fingerprint density at radius 1 is 1.57 bits per heavy atom. The first-order valence-corrected chi connectivity index (χ1v) is 6.21. The summed E-state index contributed by atoms with van der Waals surface area (Å²) < 4.78 is 0. The molecule has 1 saturated heterocycles. The van der Waals surface area contributed by atoms with Crippen molar-refractivity contribution in [3.63, 3.8) is 0 Å². The Hall–Kier alpha value is -0.480. The van der Waals surface area contributed by atoms with Crippen molar-refractivity contribution < 1.29 is 0 Å². The predicted molar refractivity (Wildman–Crippen MR) is 60.3 cm³/mol. The molecule has 1 aliphatic rings. The van der Waals surface area contributed by atoms with Gasteiger partial charge in [0.1, 0.15) is 17.2 Å². The van der Waals surface area contributed by atoms with Crippen LogP contribution in [0.1, 0.15) is 6.42 Å². The summed E-state index contributed by atoms with van der Waals surface area (Å²) in [6, 6.07) is 2.01. The van der Waals surface area contributed by atoms with Gasteiger partial charge in [0.2, 0.25) is 0 Å². The molecule has 0 bridgehead atoms. The Morgan fingerprint density at radius 2 is 2.43 bits per heavy atom. The summed E-state index contributed by atoms with van der Waals surface area (Å²) in [4.78, 5) is 10.6. The average Bonchev–Trinajstić information content (AvgIpc) is 2.65. The van der Waals surface area contributed by atoms with Crippen molar-refractivity contribution in [2.24, 2.45) is 0 Å².